The maximum Gasteiger partial charge on any atom is 0.291 e. The number of nitrogens with zero attached hydrogens (tertiary/aromatic N) is 3. The molecule has 2 aliphatic heterocycles. The summed E-state index contributed by atoms with van der Waals surface area (Å²) in [6.45, 7) is 12.3. The van der Waals surface area contributed by atoms with Crippen LogP contribution >= 0.6 is 0 Å². The molecule has 0 spiro atoms. The molecule has 6 heteroatoms. The van der Waals surface area contributed by atoms with E-state index in [9.17, 15) is 4.79 Å². The number of hydrogen-bond acceptors (Lipinski definition) is 5. The largest absolute Gasteiger partial charge is 0.435 e. The molecule has 0 bridgehead atoms. The predicted molar refractivity (Wildman–Crippen MR) is 91.2 cm³/mol. The van der Waals surface area contributed by atoms with E-state index in [1.807, 2.05) is 25.7 Å². The lowest BCUT2D eigenvalue weighted by Gasteiger charge is -2.44. The third-order valence-corrected chi connectivity index (χ3v) is 5.13. The van der Waals surface area contributed by atoms with Gasteiger partial charge in [0.05, 0.1) is 5.69 Å². The molecule has 0 aromatic carbocycles. The Bertz CT molecular complexity index is 578. The fourth-order valence-electron chi connectivity index (χ4n) is 3.66. The fourth-order valence-corrected chi connectivity index (χ4v) is 3.66. The van der Waals surface area contributed by atoms with Crippen LogP contribution in [0.5, 0.6) is 0 Å². The summed E-state index contributed by atoms with van der Waals surface area (Å²) in [4.78, 5) is 21.8. The van der Waals surface area contributed by atoms with Crippen LogP contribution in [-0.4, -0.2) is 65.6 Å². The summed E-state index contributed by atoms with van der Waals surface area (Å²) < 4.78 is 11.2. The molecular weight excluding hydrogens is 306 g/mol. The van der Waals surface area contributed by atoms with Crippen molar-refractivity contribution in [3.05, 3.63) is 17.3 Å². The van der Waals surface area contributed by atoms with Crippen LogP contribution in [0.1, 0.15) is 61.7 Å². The van der Waals surface area contributed by atoms with Gasteiger partial charge >= 0.3 is 0 Å². The highest BCUT2D eigenvalue weighted by molar-refractivity contribution is 5.92. The average Bonchev–Trinajstić information content (AvgIpc) is 2.97. The molecule has 0 N–H and O–H groups in total. The smallest absolute Gasteiger partial charge is 0.291 e. The van der Waals surface area contributed by atoms with Crippen LogP contribution in [0.4, 0.5) is 0 Å². The molecule has 0 aliphatic carbocycles. The number of piperazine rings is 1. The molecule has 0 unspecified atom stereocenters. The number of amides is 1. The minimum Gasteiger partial charge on any atom is -0.435 e. The number of hydrogen-bond donors (Lipinski definition) is 0. The van der Waals surface area contributed by atoms with Gasteiger partial charge in [-0.15, -0.1) is 0 Å². The normalized spacial score (nSPS) is 23.9. The second-order valence-corrected chi connectivity index (χ2v) is 7.31. The Morgan fingerprint density at radius 3 is 2.54 bits per heavy atom. The zero-order chi connectivity index (χ0) is 17.3. The molecule has 2 saturated heterocycles. The SMILES string of the molecule is Cc1nc(C(C)C)oc1C(=O)N1CCN(C2CCOCC2)C[C@H]1C. The summed E-state index contributed by atoms with van der Waals surface area (Å²) in [6, 6.07) is 0.777. The molecule has 3 rings (SSSR count). The van der Waals surface area contributed by atoms with Crippen molar-refractivity contribution >= 4 is 5.91 Å². The third kappa shape index (κ3) is 3.49. The quantitative estimate of drug-likeness (QED) is 0.849. The zero-order valence-electron chi connectivity index (χ0n) is 15.2. The van der Waals surface area contributed by atoms with E-state index >= 15 is 0 Å². The van der Waals surface area contributed by atoms with Crippen molar-refractivity contribution < 1.29 is 13.9 Å². The van der Waals surface area contributed by atoms with Crippen molar-refractivity contribution in [2.45, 2.75) is 58.5 Å². The molecule has 1 aromatic rings. The molecule has 134 valence electrons. The number of carbonyl (C=O) groups excluding carboxylic acids is 1. The van der Waals surface area contributed by atoms with Gasteiger partial charge in [-0.05, 0) is 26.7 Å². The number of carbonyl (C=O) groups is 1. The summed E-state index contributed by atoms with van der Waals surface area (Å²) in [5, 5.41) is 0. The maximum atomic E-state index is 12.9. The standard InChI is InChI=1S/C18H29N3O3/c1-12(2)17-19-14(4)16(24-17)18(22)21-8-7-20(11-13(21)3)15-5-9-23-10-6-15/h12-13,15H,5-11H2,1-4H3/t13-/m1/s1. The van der Waals surface area contributed by atoms with E-state index in [0.717, 1.165) is 45.7 Å². The molecule has 3 heterocycles. The van der Waals surface area contributed by atoms with Crippen molar-refractivity contribution in [2.24, 2.45) is 0 Å². The van der Waals surface area contributed by atoms with Gasteiger partial charge in [-0.25, -0.2) is 4.98 Å². The summed E-state index contributed by atoms with van der Waals surface area (Å²) in [5.74, 6) is 1.22. The molecule has 2 aliphatic rings. The van der Waals surface area contributed by atoms with Gasteiger partial charge in [-0.3, -0.25) is 9.69 Å². The first kappa shape index (κ1) is 17.4. The first-order valence-corrected chi connectivity index (χ1v) is 9.07. The van der Waals surface area contributed by atoms with Gasteiger partial charge in [0.2, 0.25) is 5.76 Å². The molecule has 24 heavy (non-hydrogen) atoms. The van der Waals surface area contributed by atoms with Crippen molar-refractivity contribution in [3.8, 4) is 0 Å². The highest BCUT2D eigenvalue weighted by Gasteiger charge is 2.34. The monoisotopic (exact) mass is 335 g/mol. The lowest BCUT2D eigenvalue weighted by Crippen LogP contribution is -2.57. The second kappa shape index (κ2) is 7.23. The highest BCUT2D eigenvalue weighted by atomic mass is 16.5. The zero-order valence-corrected chi connectivity index (χ0v) is 15.2. The van der Waals surface area contributed by atoms with E-state index in [1.165, 1.54) is 0 Å². The van der Waals surface area contributed by atoms with Crippen molar-refractivity contribution in [1.82, 2.24) is 14.8 Å². The van der Waals surface area contributed by atoms with E-state index in [2.05, 4.69) is 16.8 Å². The number of oxazole rings is 1. The van der Waals surface area contributed by atoms with E-state index in [1.54, 1.807) is 0 Å². The van der Waals surface area contributed by atoms with Crippen LogP contribution in [0, 0.1) is 6.92 Å². The first-order chi connectivity index (χ1) is 11.5. The van der Waals surface area contributed by atoms with Gasteiger partial charge in [-0.1, -0.05) is 13.8 Å². The summed E-state index contributed by atoms with van der Waals surface area (Å²) in [5.41, 5.74) is 0.697. The second-order valence-electron chi connectivity index (χ2n) is 7.31. The van der Waals surface area contributed by atoms with Crippen molar-refractivity contribution in [2.75, 3.05) is 32.8 Å². The Morgan fingerprint density at radius 1 is 1.25 bits per heavy atom. The molecule has 6 nitrogen and oxygen atoms in total. The van der Waals surface area contributed by atoms with E-state index in [0.29, 0.717) is 23.4 Å². The Hall–Kier alpha value is -1.40. The summed E-state index contributed by atoms with van der Waals surface area (Å²) in [6.07, 6.45) is 2.19. The lowest BCUT2D eigenvalue weighted by molar-refractivity contribution is -0.000192. The molecular formula is C18H29N3O3. The van der Waals surface area contributed by atoms with E-state index < -0.39 is 0 Å². The van der Waals surface area contributed by atoms with Crippen LogP contribution in [0.2, 0.25) is 0 Å². The number of aromatic nitrogens is 1. The Balaban J connectivity index is 1.66. The average molecular weight is 335 g/mol. The summed E-state index contributed by atoms with van der Waals surface area (Å²) in [7, 11) is 0. The van der Waals surface area contributed by atoms with Crippen molar-refractivity contribution in [3.63, 3.8) is 0 Å². The first-order valence-electron chi connectivity index (χ1n) is 9.07. The van der Waals surface area contributed by atoms with Crippen molar-refractivity contribution in [1.29, 1.82) is 0 Å². The van der Waals surface area contributed by atoms with E-state index in [-0.39, 0.29) is 17.9 Å². The highest BCUT2D eigenvalue weighted by Crippen LogP contribution is 2.23. The topological polar surface area (TPSA) is 58.8 Å². The minimum atomic E-state index is -0.0222. The number of rotatable bonds is 3. The van der Waals surface area contributed by atoms with Gasteiger partial charge < -0.3 is 14.1 Å². The van der Waals surface area contributed by atoms with Gasteiger partial charge in [0, 0.05) is 50.8 Å². The lowest BCUT2D eigenvalue weighted by atomic mass is 10.0. The maximum absolute atomic E-state index is 12.9. The number of aryl methyl sites for hydroxylation is 1. The van der Waals surface area contributed by atoms with Gasteiger partial charge in [0.25, 0.3) is 5.91 Å². The Kier molecular flexibility index (Phi) is 5.25. The van der Waals surface area contributed by atoms with Crippen LogP contribution in [-0.2, 0) is 4.74 Å². The Morgan fingerprint density at radius 2 is 1.96 bits per heavy atom. The molecule has 1 amide bonds. The molecule has 1 atom stereocenters. The minimum absolute atomic E-state index is 0.0222. The summed E-state index contributed by atoms with van der Waals surface area (Å²) >= 11 is 0. The number of ether oxygens (including phenoxy) is 1. The van der Waals surface area contributed by atoms with Crippen LogP contribution in [0.3, 0.4) is 0 Å². The molecule has 0 radical (unpaired) electrons. The van der Waals surface area contributed by atoms with Crippen LogP contribution in [0.15, 0.2) is 4.42 Å². The van der Waals surface area contributed by atoms with Gasteiger partial charge in [0.15, 0.2) is 5.89 Å². The predicted octanol–water partition coefficient (Wildman–Crippen LogP) is 2.43. The third-order valence-electron chi connectivity index (χ3n) is 5.13. The fraction of sp³-hybridized carbons (Fsp3) is 0.778. The van der Waals surface area contributed by atoms with E-state index in [4.69, 9.17) is 9.15 Å². The van der Waals surface area contributed by atoms with Crippen LogP contribution in [0.25, 0.3) is 0 Å². The Labute approximate surface area is 144 Å². The van der Waals surface area contributed by atoms with Crippen LogP contribution < -0.4 is 0 Å². The van der Waals surface area contributed by atoms with Gasteiger partial charge in [0.1, 0.15) is 0 Å². The van der Waals surface area contributed by atoms with Gasteiger partial charge in [-0.2, -0.15) is 0 Å². The molecule has 2 fully saturated rings. The molecule has 1 aromatic heterocycles. The molecule has 0 saturated carbocycles.